The largest absolute Gasteiger partial charge is 0.449 e. The predicted molar refractivity (Wildman–Crippen MR) is 74.7 cm³/mol. The molecule has 0 amide bonds. The van der Waals surface area contributed by atoms with Crippen molar-refractivity contribution >= 4 is 28.5 Å². The van der Waals surface area contributed by atoms with Gasteiger partial charge in [-0.1, -0.05) is 0 Å². The fraction of sp³-hybridized carbons (Fsp3) is 0.462. The van der Waals surface area contributed by atoms with Gasteiger partial charge in [-0.2, -0.15) is 24.9 Å². The first kappa shape index (κ1) is 13.6. The van der Waals surface area contributed by atoms with Gasteiger partial charge < -0.3 is 10.3 Å². The lowest BCUT2D eigenvalue weighted by Crippen LogP contribution is -2.22. The van der Waals surface area contributed by atoms with E-state index in [9.17, 15) is 13.2 Å². The predicted octanol–water partition coefficient (Wildman–Crippen LogP) is 3.71. The van der Waals surface area contributed by atoms with E-state index < -0.39 is 12.0 Å². The van der Waals surface area contributed by atoms with Gasteiger partial charge in [0.2, 0.25) is 5.82 Å². The molecule has 0 radical (unpaired) electrons. The fourth-order valence-electron chi connectivity index (χ4n) is 2.63. The molecule has 1 aliphatic heterocycles. The Kier molecular flexibility index (Phi) is 3.32. The number of hydrogen-bond acceptors (Lipinski definition) is 3. The van der Waals surface area contributed by atoms with Crippen LogP contribution in [0.5, 0.6) is 0 Å². The summed E-state index contributed by atoms with van der Waals surface area (Å²) < 4.78 is 41.0. The van der Waals surface area contributed by atoms with Gasteiger partial charge in [0.15, 0.2) is 0 Å². The Labute approximate surface area is 118 Å². The molecule has 3 nitrogen and oxygen atoms in total. The molecule has 0 unspecified atom stereocenters. The van der Waals surface area contributed by atoms with Gasteiger partial charge in [0.1, 0.15) is 0 Å². The Morgan fingerprint density at radius 2 is 1.95 bits per heavy atom. The minimum Gasteiger partial charge on any atom is -0.399 e. The summed E-state index contributed by atoms with van der Waals surface area (Å²) in [6.45, 7) is 0. The highest BCUT2D eigenvalue weighted by molar-refractivity contribution is 7.99. The number of hydrogen-bond donors (Lipinski definition) is 1. The van der Waals surface area contributed by atoms with Gasteiger partial charge in [-0.3, -0.25) is 0 Å². The number of fused-ring (bicyclic) bond motifs is 1. The number of benzene rings is 1. The summed E-state index contributed by atoms with van der Waals surface area (Å²) in [5.74, 6) is 0.961. The van der Waals surface area contributed by atoms with Crippen molar-refractivity contribution in [3.05, 3.63) is 24.0 Å². The van der Waals surface area contributed by atoms with E-state index in [1.165, 1.54) is 10.6 Å². The number of thioether (sulfide) groups is 1. The van der Waals surface area contributed by atoms with E-state index in [1.54, 1.807) is 23.9 Å². The van der Waals surface area contributed by atoms with Crippen molar-refractivity contribution in [2.75, 3.05) is 17.2 Å². The minimum absolute atomic E-state index is 0.138. The highest BCUT2D eigenvalue weighted by Gasteiger charge is 2.39. The molecular weight excluding hydrogens is 287 g/mol. The Balaban J connectivity index is 2.20. The molecule has 2 aromatic rings. The molecule has 3 rings (SSSR count). The zero-order chi connectivity index (χ0) is 14.3. The van der Waals surface area contributed by atoms with Gasteiger partial charge in [-0.15, -0.1) is 0 Å². The zero-order valence-electron chi connectivity index (χ0n) is 10.7. The lowest BCUT2D eigenvalue weighted by molar-refractivity contribution is -0.147. The van der Waals surface area contributed by atoms with Gasteiger partial charge in [-0.25, -0.2) is 4.98 Å². The topological polar surface area (TPSA) is 43.8 Å². The van der Waals surface area contributed by atoms with Crippen LogP contribution in [0.2, 0.25) is 0 Å². The van der Waals surface area contributed by atoms with Gasteiger partial charge in [0.25, 0.3) is 0 Å². The van der Waals surface area contributed by atoms with Crippen molar-refractivity contribution in [3.8, 4) is 0 Å². The number of halogens is 3. The molecule has 0 atom stereocenters. The van der Waals surface area contributed by atoms with Crippen LogP contribution in [0.15, 0.2) is 18.2 Å². The molecule has 2 N–H and O–H groups in total. The molecule has 1 aliphatic rings. The fourth-order valence-corrected chi connectivity index (χ4v) is 3.71. The number of nitrogens with zero attached hydrogens (tertiary/aromatic N) is 2. The van der Waals surface area contributed by atoms with Gasteiger partial charge in [-0.05, 0) is 42.5 Å². The number of alkyl halides is 3. The third-order valence-electron chi connectivity index (χ3n) is 3.52. The van der Waals surface area contributed by atoms with Crippen LogP contribution >= 0.6 is 11.8 Å². The lowest BCUT2D eigenvalue weighted by Gasteiger charge is -2.25. The highest BCUT2D eigenvalue weighted by Crippen LogP contribution is 2.38. The maximum Gasteiger partial charge on any atom is 0.449 e. The second-order valence-corrected chi connectivity index (χ2v) is 6.12. The van der Waals surface area contributed by atoms with Gasteiger partial charge in [0, 0.05) is 11.7 Å². The van der Waals surface area contributed by atoms with Crippen LogP contribution in [-0.2, 0) is 6.18 Å². The maximum absolute atomic E-state index is 13.2. The molecule has 0 aliphatic carbocycles. The zero-order valence-corrected chi connectivity index (χ0v) is 11.5. The summed E-state index contributed by atoms with van der Waals surface area (Å²) in [4.78, 5) is 3.77. The van der Waals surface area contributed by atoms with Crippen LogP contribution < -0.4 is 5.73 Å². The normalized spacial score (nSPS) is 17.8. The van der Waals surface area contributed by atoms with Crippen molar-refractivity contribution in [3.63, 3.8) is 0 Å². The quantitative estimate of drug-likeness (QED) is 0.817. The van der Waals surface area contributed by atoms with Crippen LogP contribution in [0.4, 0.5) is 18.9 Å². The molecule has 0 bridgehead atoms. The molecule has 1 aromatic carbocycles. The standard InChI is InChI=1S/C13H14F3N3S/c14-13(15,16)12-18-10-7-8(17)1-2-11(10)19(12)9-3-5-20-6-4-9/h1-2,7,9H,3-6,17H2. The van der Waals surface area contributed by atoms with Crippen molar-refractivity contribution in [1.82, 2.24) is 9.55 Å². The van der Waals surface area contributed by atoms with Crippen LogP contribution in [0.3, 0.4) is 0 Å². The average molecular weight is 301 g/mol. The average Bonchev–Trinajstić information content (AvgIpc) is 2.78. The number of anilines is 1. The number of aromatic nitrogens is 2. The first-order chi connectivity index (χ1) is 9.47. The number of imidazole rings is 1. The molecule has 108 valence electrons. The van der Waals surface area contributed by atoms with Gasteiger partial charge >= 0.3 is 6.18 Å². The molecular formula is C13H14F3N3S. The van der Waals surface area contributed by atoms with E-state index in [4.69, 9.17) is 5.73 Å². The molecule has 1 aromatic heterocycles. The summed E-state index contributed by atoms with van der Waals surface area (Å²) in [5.41, 5.74) is 6.90. The van der Waals surface area contributed by atoms with Gasteiger partial charge in [0.05, 0.1) is 11.0 Å². The SMILES string of the molecule is Nc1ccc2c(c1)nc(C(F)(F)F)n2C1CCSCC1. The van der Waals surface area contributed by atoms with E-state index in [2.05, 4.69) is 4.98 Å². The third-order valence-corrected chi connectivity index (χ3v) is 4.57. The molecule has 1 fully saturated rings. The maximum atomic E-state index is 13.2. The van der Waals surface area contributed by atoms with Crippen LogP contribution in [0, 0.1) is 0 Å². The number of nitrogens with two attached hydrogens (primary N) is 1. The molecule has 2 heterocycles. The van der Waals surface area contributed by atoms with Crippen molar-refractivity contribution in [2.45, 2.75) is 25.1 Å². The van der Waals surface area contributed by atoms with Crippen LogP contribution in [0.1, 0.15) is 24.7 Å². The van der Waals surface area contributed by atoms with Crippen LogP contribution in [-0.4, -0.2) is 21.1 Å². The van der Waals surface area contributed by atoms with E-state index in [0.717, 1.165) is 24.3 Å². The molecule has 0 saturated carbocycles. The lowest BCUT2D eigenvalue weighted by atomic mass is 10.1. The first-order valence-electron chi connectivity index (χ1n) is 6.39. The van der Waals surface area contributed by atoms with Crippen molar-refractivity contribution < 1.29 is 13.2 Å². The Hall–Kier alpha value is -1.37. The second-order valence-electron chi connectivity index (χ2n) is 4.89. The summed E-state index contributed by atoms with van der Waals surface area (Å²) in [7, 11) is 0. The monoisotopic (exact) mass is 301 g/mol. The third kappa shape index (κ3) is 2.34. The first-order valence-corrected chi connectivity index (χ1v) is 7.54. The number of nitrogen functional groups attached to an aromatic ring is 1. The van der Waals surface area contributed by atoms with Crippen molar-refractivity contribution in [1.29, 1.82) is 0 Å². The molecule has 7 heteroatoms. The van der Waals surface area contributed by atoms with E-state index in [-0.39, 0.29) is 6.04 Å². The molecule has 20 heavy (non-hydrogen) atoms. The van der Waals surface area contributed by atoms with Crippen molar-refractivity contribution in [2.24, 2.45) is 0 Å². The smallest absolute Gasteiger partial charge is 0.399 e. The summed E-state index contributed by atoms with van der Waals surface area (Å²) in [5, 5.41) is 0. The Morgan fingerprint density at radius 1 is 1.25 bits per heavy atom. The Bertz CT molecular complexity index is 630. The minimum atomic E-state index is -4.45. The Morgan fingerprint density at radius 3 is 2.60 bits per heavy atom. The molecule has 0 spiro atoms. The summed E-state index contributed by atoms with van der Waals surface area (Å²) in [6.07, 6.45) is -2.97. The molecule has 1 saturated heterocycles. The van der Waals surface area contributed by atoms with E-state index in [0.29, 0.717) is 16.7 Å². The van der Waals surface area contributed by atoms with E-state index >= 15 is 0 Å². The highest BCUT2D eigenvalue weighted by atomic mass is 32.2. The number of rotatable bonds is 1. The van der Waals surface area contributed by atoms with Crippen LogP contribution in [0.25, 0.3) is 11.0 Å². The summed E-state index contributed by atoms with van der Waals surface area (Å²) in [6, 6.07) is 4.62. The second kappa shape index (κ2) is 4.87. The summed E-state index contributed by atoms with van der Waals surface area (Å²) >= 11 is 1.78. The van der Waals surface area contributed by atoms with E-state index in [1.807, 2.05) is 0 Å².